The van der Waals surface area contributed by atoms with Gasteiger partial charge in [0.15, 0.2) is 17.4 Å². The smallest absolute Gasteiger partial charge is 0.170 e. The Kier molecular flexibility index (Phi) is 4.00. The molecule has 0 spiro atoms. The zero-order valence-electron chi connectivity index (χ0n) is 10.5. The third-order valence-corrected chi connectivity index (χ3v) is 2.73. The van der Waals surface area contributed by atoms with Gasteiger partial charge in [0.25, 0.3) is 0 Å². The molecule has 0 radical (unpaired) electrons. The number of phenolic OH excluding ortho intramolecular Hbond substituents is 1. The van der Waals surface area contributed by atoms with E-state index in [0.717, 1.165) is 5.56 Å². The fraction of sp³-hybridized carbons (Fsp3) is 0. The number of phenols is 1. The average Bonchev–Trinajstić information content (AvgIpc) is 2.48. The predicted octanol–water partition coefficient (Wildman–Crippen LogP) is 2.80. The molecule has 0 aliphatic carbocycles. The van der Waals surface area contributed by atoms with Crippen molar-refractivity contribution >= 4 is 18.0 Å². The van der Waals surface area contributed by atoms with Gasteiger partial charge in [-0.1, -0.05) is 41.6 Å². The minimum absolute atomic E-state index is 0.0240. The average molecular weight is 272 g/mol. The van der Waals surface area contributed by atoms with Gasteiger partial charge in [-0.3, -0.25) is 0 Å². The minimum Gasteiger partial charge on any atom is -0.505 e. The quantitative estimate of drug-likeness (QED) is 0.264. The molecule has 2 rings (SSSR count). The van der Waals surface area contributed by atoms with Crippen LogP contribution in [0.4, 0.5) is 4.39 Å². The monoisotopic (exact) mass is 272 g/mol. The summed E-state index contributed by atoms with van der Waals surface area (Å²) >= 11 is 0. The number of benzene rings is 2. The summed E-state index contributed by atoms with van der Waals surface area (Å²) in [6, 6.07) is 11.2. The van der Waals surface area contributed by atoms with Crippen molar-refractivity contribution in [1.29, 1.82) is 0 Å². The molecule has 0 amide bonds. The first-order chi connectivity index (χ1) is 9.60. The molecule has 0 aliphatic rings. The topological polar surface area (TPSA) is 78.8 Å². The maximum Gasteiger partial charge on any atom is 0.170 e. The number of nitrogens with zero attached hydrogens (tertiary/aromatic N) is 1. The third-order valence-electron chi connectivity index (χ3n) is 2.73. The molecule has 0 saturated heterocycles. The van der Waals surface area contributed by atoms with Crippen molar-refractivity contribution in [2.45, 2.75) is 0 Å². The van der Waals surface area contributed by atoms with Gasteiger partial charge in [0, 0.05) is 5.56 Å². The van der Waals surface area contributed by atoms with E-state index in [-0.39, 0.29) is 11.6 Å². The van der Waals surface area contributed by atoms with Crippen molar-refractivity contribution in [3.8, 4) is 5.75 Å². The first-order valence-corrected chi connectivity index (χ1v) is 5.84. The lowest BCUT2D eigenvalue weighted by Gasteiger charge is -2.00. The molecular weight excluding hydrogens is 259 g/mol. The van der Waals surface area contributed by atoms with Crippen LogP contribution < -0.4 is 5.73 Å². The lowest BCUT2D eigenvalue weighted by Crippen LogP contribution is -2.12. The predicted molar refractivity (Wildman–Crippen MR) is 75.9 cm³/mol. The van der Waals surface area contributed by atoms with E-state index in [1.807, 2.05) is 6.07 Å². The highest BCUT2D eigenvalue weighted by Crippen LogP contribution is 2.18. The molecule has 2 aromatic rings. The second-order valence-corrected chi connectivity index (χ2v) is 4.15. The summed E-state index contributed by atoms with van der Waals surface area (Å²) in [6.07, 6.45) is 3.47. The van der Waals surface area contributed by atoms with Crippen molar-refractivity contribution in [3.63, 3.8) is 0 Å². The van der Waals surface area contributed by atoms with Crippen LogP contribution >= 0.6 is 0 Å². The van der Waals surface area contributed by atoms with Gasteiger partial charge < -0.3 is 16.0 Å². The van der Waals surface area contributed by atoms with Crippen LogP contribution in [0.1, 0.15) is 16.7 Å². The molecule has 0 aromatic heterocycles. The molecule has 0 unspecified atom stereocenters. The van der Waals surface area contributed by atoms with Crippen LogP contribution in [0, 0.1) is 5.82 Å². The maximum absolute atomic E-state index is 13.2. The molecule has 102 valence electrons. The number of oxime groups is 1. The van der Waals surface area contributed by atoms with E-state index in [0.29, 0.717) is 11.1 Å². The van der Waals surface area contributed by atoms with Gasteiger partial charge in [-0.05, 0) is 29.3 Å². The number of amidine groups is 1. The van der Waals surface area contributed by atoms with Crippen LogP contribution in [0.25, 0.3) is 12.2 Å². The van der Waals surface area contributed by atoms with Crippen LogP contribution in [0.15, 0.2) is 47.6 Å². The number of hydrogen-bond acceptors (Lipinski definition) is 3. The molecule has 0 heterocycles. The van der Waals surface area contributed by atoms with Crippen molar-refractivity contribution in [2.75, 3.05) is 0 Å². The van der Waals surface area contributed by atoms with E-state index in [4.69, 9.17) is 16.0 Å². The molecule has 5 heteroatoms. The highest BCUT2D eigenvalue weighted by Gasteiger charge is 2.00. The van der Waals surface area contributed by atoms with Gasteiger partial charge in [-0.25, -0.2) is 4.39 Å². The van der Waals surface area contributed by atoms with Crippen LogP contribution in [-0.4, -0.2) is 16.1 Å². The summed E-state index contributed by atoms with van der Waals surface area (Å²) in [5.41, 5.74) is 7.54. The normalized spacial score (nSPS) is 11.9. The Labute approximate surface area is 115 Å². The van der Waals surface area contributed by atoms with Gasteiger partial charge in [0.2, 0.25) is 0 Å². The number of rotatable bonds is 3. The molecular formula is C15H13FN2O2. The number of halogens is 1. The maximum atomic E-state index is 13.2. The van der Waals surface area contributed by atoms with Crippen LogP contribution in [0.3, 0.4) is 0 Å². The van der Waals surface area contributed by atoms with Crippen LogP contribution in [0.2, 0.25) is 0 Å². The molecule has 0 atom stereocenters. The first kappa shape index (κ1) is 13.6. The van der Waals surface area contributed by atoms with Gasteiger partial charge in [-0.15, -0.1) is 0 Å². The van der Waals surface area contributed by atoms with E-state index in [2.05, 4.69) is 5.16 Å². The second kappa shape index (κ2) is 5.88. The first-order valence-electron chi connectivity index (χ1n) is 5.84. The van der Waals surface area contributed by atoms with Gasteiger partial charge in [0.05, 0.1) is 0 Å². The van der Waals surface area contributed by atoms with E-state index in [1.165, 1.54) is 12.1 Å². The molecule has 20 heavy (non-hydrogen) atoms. The van der Waals surface area contributed by atoms with E-state index < -0.39 is 5.82 Å². The fourth-order valence-electron chi connectivity index (χ4n) is 1.68. The van der Waals surface area contributed by atoms with Crippen molar-refractivity contribution in [2.24, 2.45) is 10.9 Å². The van der Waals surface area contributed by atoms with Crippen molar-refractivity contribution < 1.29 is 14.7 Å². The Bertz CT molecular complexity index is 681. The molecule has 0 fully saturated rings. The Morgan fingerprint density at radius 3 is 2.45 bits per heavy atom. The minimum atomic E-state index is -0.669. The van der Waals surface area contributed by atoms with Crippen LogP contribution in [0.5, 0.6) is 5.75 Å². The SMILES string of the molecule is N/C(=N\O)c1cccc(/C=C/c2ccc(O)c(F)c2)c1. The largest absolute Gasteiger partial charge is 0.505 e. The zero-order valence-corrected chi connectivity index (χ0v) is 10.5. The second-order valence-electron chi connectivity index (χ2n) is 4.15. The standard InChI is InChI=1S/C15H13FN2O2/c16-13-9-11(6-7-14(13)19)5-4-10-2-1-3-12(8-10)15(17)18-20/h1-9,19-20H,(H2,17,18)/b5-4+. The number of nitrogens with two attached hydrogens (primary N) is 1. The van der Waals surface area contributed by atoms with E-state index >= 15 is 0 Å². The van der Waals surface area contributed by atoms with Gasteiger partial charge in [0.1, 0.15) is 0 Å². The summed E-state index contributed by atoms with van der Waals surface area (Å²) in [5, 5.41) is 20.7. The Balaban J connectivity index is 2.25. The van der Waals surface area contributed by atoms with Gasteiger partial charge in [-0.2, -0.15) is 0 Å². The molecule has 0 aliphatic heterocycles. The fourth-order valence-corrected chi connectivity index (χ4v) is 1.68. The summed E-state index contributed by atoms with van der Waals surface area (Å²) < 4.78 is 13.2. The number of hydrogen-bond donors (Lipinski definition) is 3. The lowest BCUT2D eigenvalue weighted by atomic mass is 10.1. The molecule has 0 saturated carbocycles. The Morgan fingerprint density at radius 1 is 1.10 bits per heavy atom. The number of aromatic hydroxyl groups is 1. The van der Waals surface area contributed by atoms with E-state index in [9.17, 15) is 4.39 Å². The molecule has 2 aromatic carbocycles. The molecule has 4 nitrogen and oxygen atoms in total. The zero-order chi connectivity index (χ0) is 14.5. The lowest BCUT2D eigenvalue weighted by molar-refractivity contribution is 0.318. The third kappa shape index (κ3) is 3.14. The summed E-state index contributed by atoms with van der Waals surface area (Å²) in [4.78, 5) is 0. The summed E-state index contributed by atoms with van der Waals surface area (Å²) in [6.45, 7) is 0. The highest BCUT2D eigenvalue weighted by atomic mass is 19.1. The van der Waals surface area contributed by atoms with Gasteiger partial charge >= 0.3 is 0 Å². The van der Waals surface area contributed by atoms with Crippen molar-refractivity contribution in [3.05, 3.63) is 65.0 Å². The highest BCUT2D eigenvalue weighted by molar-refractivity contribution is 5.97. The molecule has 4 N–H and O–H groups in total. The summed E-state index contributed by atoms with van der Waals surface area (Å²) in [7, 11) is 0. The van der Waals surface area contributed by atoms with Crippen molar-refractivity contribution in [1.82, 2.24) is 0 Å². The van der Waals surface area contributed by atoms with Crippen LogP contribution in [-0.2, 0) is 0 Å². The molecule has 0 bridgehead atoms. The van der Waals surface area contributed by atoms with E-state index in [1.54, 1.807) is 36.4 Å². The summed E-state index contributed by atoms with van der Waals surface area (Å²) in [5.74, 6) is -1.02. The Hall–Kier alpha value is -2.82. The Morgan fingerprint density at radius 2 is 1.80 bits per heavy atom.